The van der Waals surface area contributed by atoms with Crippen LogP contribution in [0.2, 0.25) is 0 Å². The number of hydrogen-bond donors (Lipinski definition) is 2. The molecular formula is C14H12N4. The SMILES string of the molecule is Nc1ccc2c(/C=C/c3ccccn3)n[nH]c2c1. The van der Waals surface area contributed by atoms with Crippen molar-refractivity contribution in [2.24, 2.45) is 0 Å². The quantitative estimate of drug-likeness (QED) is 0.672. The van der Waals surface area contributed by atoms with Gasteiger partial charge in [-0.3, -0.25) is 10.1 Å². The van der Waals surface area contributed by atoms with Crippen LogP contribution in [-0.4, -0.2) is 15.2 Å². The third-order valence-electron chi connectivity index (χ3n) is 2.72. The van der Waals surface area contributed by atoms with Gasteiger partial charge in [0.1, 0.15) is 0 Å². The number of nitrogens with two attached hydrogens (primary N) is 1. The Bertz CT molecular complexity index is 698. The highest BCUT2D eigenvalue weighted by atomic mass is 15.1. The summed E-state index contributed by atoms with van der Waals surface area (Å²) in [4.78, 5) is 4.23. The van der Waals surface area contributed by atoms with Crippen LogP contribution < -0.4 is 5.73 Å². The largest absolute Gasteiger partial charge is 0.399 e. The molecule has 0 aliphatic rings. The lowest BCUT2D eigenvalue weighted by Crippen LogP contribution is -1.82. The van der Waals surface area contributed by atoms with Gasteiger partial charge in [-0.05, 0) is 42.5 Å². The van der Waals surface area contributed by atoms with Gasteiger partial charge in [-0.25, -0.2) is 0 Å². The number of nitrogens with one attached hydrogen (secondary N) is 1. The fourth-order valence-corrected chi connectivity index (χ4v) is 1.82. The second kappa shape index (κ2) is 4.33. The number of aromatic nitrogens is 3. The first-order valence-electron chi connectivity index (χ1n) is 5.66. The fourth-order valence-electron chi connectivity index (χ4n) is 1.82. The van der Waals surface area contributed by atoms with E-state index in [1.807, 2.05) is 48.6 Å². The van der Waals surface area contributed by atoms with Gasteiger partial charge in [0.15, 0.2) is 0 Å². The van der Waals surface area contributed by atoms with E-state index in [0.29, 0.717) is 0 Å². The van der Waals surface area contributed by atoms with E-state index in [1.165, 1.54) is 0 Å². The average molecular weight is 236 g/mol. The number of rotatable bonds is 2. The summed E-state index contributed by atoms with van der Waals surface area (Å²) in [6.45, 7) is 0. The first kappa shape index (κ1) is 10.5. The molecule has 4 nitrogen and oxygen atoms in total. The highest BCUT2D eigenvalue weighted by Crippen LogP contribution is 2.20. The number of nitrogens with zero attached hydrogens (tertiary/aromatic N) is 2. The standard InChI is InChI=1S/C14H12N4/c15-10-4-6-12-13(17-18-14(12)9-10)7-5-11-3-1-2-8-16-11/h1-9H,15H2,(H,17,18)/b7-5+. The van der Waals surface area contributed by atoms with Crippen LogP contribution in [0.25, 0.3) is 23.1 Å². The third-order valence-corrected chi connectivity index (χ3v) is 2.72. The number of nitrogen functional groups attached to an aromatic ring is 1. The maximum Gasteiger partial charge on any atom is 0.0928 e. The van der Waals surface area contributed by atoms with Crippen molar-refractivity contribution in [1.29, 1.82) is 0 Å². The van der Waals surface area contributed by atoms with Crippen molar-refractivity contribution in [1.82, 2.24) is 15.2 Å². The summed E-state index contributed by atoms with van der Waals surface area (Å²) in [5, 5.41) is 8.27. The maximum atomic E-state index is 5.72. The highest BCUT2D eigenvalue weighted by Gasteiger charge is 2.02. The van der Waals surface area contributed by atoms with E-state index in [-0.39, 0.29) is 0 Å². The van der Waals surface area contributed by atoms with Gasteiger partial charge in [0.25, 0.3) is 0 Å². The van der Waals surface area contributed by atoms with Crippen molar-refractivity contribution in [2.75, 3.05) is 5.73 Å². The molecule has 18 heavy (non-hydrogen) atoms. The van der Waals surface area contributed by atoms with E-state index < -0.39 is 0 Å². The lowest BCUT2D eigenvalue weighted by molar-refractivity contribution is 1.11. The molecule has 0 saturated carbocycles. The van der Waals surface area contributed by atoms with Gasteiger partial charge < -0.3 is 5.73 Å². The molecule has 0 aliphatic carbocycles. The van der Waals surface area contributed by atoms with Crippen LogP contribution in [0, 0.1) is 0 Å². The van der Waals surface area contributed by atoms with Gasteiger partial charge in [-0.1, -0.05) is 6.07 Å². The molecule has 3 N–H and O–H groups in total. The van der Waals surface area contributed by atoms with Crippen molar-refractivity contribution < 1.29 is 0 Å². The van der Waals surface area contributed by atoms with E-state index in [0.717, 1.165) is 28.0 Å². The lowest BCUT2D eigenvalue weighted by Gasteiger charge is -1.93. The van der Waals surface area contributed by atoms with Gasteiger partial charge in [0.2, 0.25) is 0 Å². The molecule has 88 valence electrons. The number of hydrogen-bond acceptors (Lipinski definition) is 3. The predicted octanol–water partition coefficient (Wildman–Crippen LogP) is 2.71. The molecule has 0 radical (unpaired) electrons. The van der Waals surface area contributed by atoms with E-state index in [1.54, 1.807) is 6.20 Å². The summed E-state index contributed by atoms with van der Waals surface area (Å²) in [7, 11) is 0. The molecule has 2 heterocycles. The normalized spacial score (nSPS) is 11.3. The Hall–Kier alpha value is -2.62. The minimum atomic E-state index is 0.728. The number of fused-ring (bicyclic) bond motifs is 1. The Morgan fingerprint density at radius 1 is 1.11 bits per heavy atom. The van der Waals surface area contributed by atoms with E-state index in [9.17, 15) is 0 Å². The van der Waals surface area contributed by atoms with Crippen molar-refractivity contribution in [3.63, 3.8) is 0 Å². The van der Waals surface area contributed by atoms with Gasteiger partial charge in [0, 0.05) is 17.3 Å². The molecule has 0 fully saturated rings. The van der Waals surface area contributed by atoms with Crippen molar-refractivity contribution in [3.05, 3.63) is 54.0 Å². The second-order valence-corrected chi connectivity index (χ2v) is 4.00. The summed E-state index contributed by atoms with van der Waals surface area (Å²) in [5.41, 5.74) is 9.18. The molecule has 0 spiro atoms. The summed E-state index contributed by atoms with van der Waals surface area (Å²) < 4.78 is 0. The van der Waals surface area contributed by atoms with E-state index in [2.05, 4.69) is 15.2 Å². The second-order valence-electron chi connectivity index (χ2n) is 4.00. The zero-order valence-electron chi connectivity index (χ0n) is 9.67. The molecule has 3 rings (SSSR count). The van der Waals surface area contributed by atoms with Crippen molar-refractivity contribution >= 4 is 28.7 Å². The topological polar surface area (TPSA) is 67.6 Å². The van der Waals surface area contributed by atoms with Crippen molar-refractivity contribution in [2.45, 2.75) is 0 Å². The zero-order valence-corrected chi connectivity index (χ0v) is 9.67. The fraction of sp³-hybridized carbons (Fsp3) is 0. The molecule has 0 amide bonds. The van der Waals surface area contributed by atoms with Crippen LogP contribution in [0.5, 0.6) is 0 Å². The van der Waals surface area contributed by atoms with Gasteiger partial charge in [0.05, 0.1) is 16.9 Å². The number of benzene rings is 1. The molecular weight excluding hydrogens is 224 g/mol. The number of anilines is 1. The van der Waals surface area contributed by atoms with E-state index >= 15 is 0 Å². The molecule has 4 heteroatoms. The van der Waals surface area contributed by atoms with Crippen LogP contribution in [0.1, 0.15) is 11.4 Å². The summed E-state index contributed by atoms with van der Waals surface area (Å²) >= 11 is 0. The summed E-state index contributed by atoms with van der Waals surface area (Å²) in [6, 6.07) is 11.5. The molecule has 0 atom stereocenters. The van der Waals surface area contributed by atoms with Gasteiger partial charge in [-0.2, -0.15) is 5.10 Å². The first-order valence-corrected chi connectivity index (χ1v) is 5.66. The molecule has 0 bridgehead atoms. The lowest BCUT2D eigenvalue weighted by atomic mass is 10.2. The average Bonchev–Trinajstić information content (AvgIpc) is 2.80. The minimum Gasteiger partial charge on any atom is -0.399 e. The van der Waals surface area contributed by atoms with E-state index in [4.69, 9.17) is 5.73 Å². The van der Waals surface area contributed by atoms with Crippen LogP contribution in [-0.2, 0) is 0 Å². The summed E-state index contributed by atoms with van der Waals surface area (Å²) in [5.74, 6) is 0. The molecule has 0 unspecified atom stereocenters. The van der Waals surface area contributed by atoms with Crippen LogP contribution in [0.3, 0.4) is 0 Å². The number of aromatic amines is 1. The molecule has 0 aliphatic heterocycles. The van der Waals surface area contributed by atoms with Crippen LogP contribution in [0.15, 0.2) is 42.6 Å². The molecule has 0 saturated heterocycles. The maximum absolute atomic E-state index is 5.72. The number of H-pyrrole nitrogens is 1. The predicted molar refractivity (Wildman–Crippen MR) is 73.7 cm³/mol. The van der Waals surface area contributed by atoms with Crippen molar-refractivity contribution in [3.8, 4) is 0 Å². The van der Waals surface area contributed by atoms with Crippen LogP contribution in [0.4, 0.5) is 5.69 Å². The zero-order chi connectivity index (χ0) is 12.4. The monoisotopic (exact) mass is 236 g/mol. The smallest absolute Gasteiger partial charge is 0.0928 e. The first-order chi connectivity index (χ1) is 8.83. The number of pyridine rings is 1. The molecule has 1 aromatic carbocycles. The minimum absolute atomic E-state index is 0.728. The highest BCUT2D eigenvalue weighted by molar-refractivity contribution is 5.90. The molecule has 2 aromatic heterocycles. The Morgan fingerprint density at radius 2 is 2.06 bits per heavy atom. The van der Waals surface area contributed by atoms with Crippen LogP contribution >= 0.6 is 0 Å². The Morgan fingerprint density at radius 3 is 2.89 bits per heavy atom. The molecule has 3 aromatic rings. The Labute approximate surface area is 104 Å². The van der Waals surface area contributed by atoms with Gasteiger partial charge in [-0.15, -0.1) is 0 Å². The van der Waals surface area contributed by atoms with Gasteiger partial charge >= 0.3 is 0 Å². The Balaban J connectivity index is 1.98. The summed E-state index contributed by atoms with van der Waals surface area (Å²) in [6.07, 6.45) is 5.65. The third kappa shape index (κ3) is 1.96. The Kier molecular flexibility index (Phi) is 2.53.